The number of benzene rings is 1. The Morgan fingerprint density at radius 2 is 2.05 bits per heavy atom. The molecule has 0 saturated heterocycles. The van der Waals surface area contributed by atoms with Crippen LogP contribution in [0.2, 0.25) is 0 Å². The van der Waals surface area contributed by atoms with Crippen LogP contribution in [0.25, 0.3) is 0 Å². The number of aromatic nitrogens is 2. The van der Waals surface area contributed by atoms with E-state index in [4.69, 9.17) is 5.10 Å². The fourth-order valence-corrected chi connectivity index (χ4v) is 2.87. The van der Waals surface area contributed by atoms with Crippen LogP contribution in [-0.2, 0) is 13.0 Å². The Kier molecular flexibility index (Phi) is 4.00. The number of anilines is 1. The Labute approximate surface area is 127 Å². The lowest BCUT2D eigenvalue weighted by Crippen LogP contribution is -2.26. The molecule has 1 aliphatic rings. The van der Waals surface area contributed by atoms with E-state index < -0.39 is 0 Å². The van der Waals surface area contributed by atoms with Gasteiger partial charge >= 0.3 is 0 Å². The van der Waals surface area contributed by atoms with Gasteiger partial charge in [-0.15, -0.1) is 0 Å². The maximum atomic E-state index is 4.77. The Bertz CT molecular complexity index is 595. The summed E-state index contributed by atoms with van der Waals surface area (Å²) in [5, 5.41) is 8.30. The lowest BCUT2D eigenvalue weighted by Gasteiger charge is -2.25. The van der Waals surface area contributed by atoms with Crippen LogP contribution in [0.1, 0.15) is 43.0 Å². The van der Waals surface area contributed by atoms with Crippen molar-refractivity contribution < 1.29 is 0 Å². The summed E-state index contributed by atoms with van der Waals surface area (Å²) in [6, 6.07) is 11.1. The van der Waals surface area contributed by atoms with Gasteiger partial charge in [0.25, 0.3) is 0 Å². The van der Waals surface area contributed by atoms with Gasteiger partial charge in [0, 0.05) is 18.5 Å². The number of nitrogens with one attached hydrogen (secondary N) is 1. The summed E-state index contributed by atoms with van der Waals surface area (Å²) >= 11 is 0. The fraction of sp³-hybridized carbons (Fsp3) is 0.500. The van der Waals surface area contributed by atoms with E-state index in [1.54, 1.807) is 0 Å². The number of fused-ring (bicyclic) bond motifs is 1. The summed E-state index contributed by atoms with van der Waals surface area (Å²) in [6.45, 7) is 8.64. The number of rotatable bonds is 4. The number of nitrogens with zero attached hydrogens (tertiary/aromatic N) is 2. The van der Waals surface area contributed by atoms with Crippen molar-refractivity contribution in [1.29, 1.82) is 0 Å². The minimum absolute atomic E-state index is 0.510. The third-order valence-corrected chi connectivity index (χ3v) is 4.28. The molecule has 0 bridgehead atoms. The third kappa shape index (κ3) is 3.29. The predicted molar refractivity (Wildman–Crippen MR) is 87.8 cm³/mol. The standard InChI is InChI=1S/C18H25N3/c1-13(2)4-9-17-10-18-19-11-16(12-21(18)20-17)15-7-5-14(3)6-8-15/h5-8,10,13,16,19H,4,9,11-12H2,1-3H3. The molecule has 3 nitrogen and oxygen atoms in total. The molecule has 112 valence electrons. The molecule has 3 heteroatoms. The summed E-state index contributed by atoms with van der Waals surface area (Å²) in [6.07, 6.45) is 2.28. The van der Waals surface area contributed by atoms with Crippen LogP contribution in [0.3, 0.4) is 0 Å². The van der Waals surface area contributed by atoms with Crippen molar-refractivity contribution in [1.82, 2.24) is 9.78 Å². The molecule has 0 saturated carbocycles. The van der Waals surface area contributed by atoms with E-state index >= 15 is 0 Å². The van der Waals surface area contributed by atoms with Crippen LogP contribution in [0.15, 0.2) is 30.3 Å². The van der Waals surface area contributed by atoms with Crippen LogP contribution in [0.5, 0.6) is 0 Å². The van der Waals surface area contributed by atoms with Crippen LogP contribution in [0.4, 0.5) is 5.82 Å². The number of hydrogen-bond donors (Lipinski definition) is 1. The van der Waals surface area contributed by atoms with Gasteiger partial charge in [-0.25, -0.2) is 4.68 Å². The second-order valence-electron chi connectivity index (χ2n) is 6.62. The summed E-state index contributed by atoms with van der Waals surface area (Å²) in [4.78, 5) is 0. The highest BCUT2D eigenvalue weighted by Crippen LogP contribution is 2.26. The molecule has 1 atom stereocenters. The highest BCUT2D eigenvalue weighted by molar-refractivity contribution is 5.41. The minimum atomic E-state index is 0.510. The Balaban J connectivity index is 1.71. The Morgan fingerprint density at radius 3 is 2.76 bits per heavy atom. The first-order chi connectivity index (χ1) is 10.1. The normalized spacial score (nSPS) is 17.6. The van der Waals surface area contributed by atoms with Gasteiger partial charge in [-0.05, 0) is 31.2 Å². The molecule has 0 radical (unpaired) electrons. The molecule has 1 aromatic heterocycles. The van der Waals surface area contributed by atoms with Gasteiger partial charge in [0.15, 0.2) is 0 Å². The Morgan fingerprint density at radius 1 is 1.29 bits per heavy atom. The van der Waals surface area contributed by atoms with Crippen molar-refractivity contribution in [3.05, 3.63) is 47.2 Å². The molecule has 21 heavy (non-hydrogen) atoms. The lowest BCUT2D eigenvalue weighted by molar-refractivity contribution is 0.497. The van der Waals surface area contributed by atoms with Crippen LogP contribution in [-0.4, -0.2) is 16.3 Å². The topological polar surface area (TPSA) is 29.9 Å². The Hall–Kier alpha value is -1.77. The monoisotopic (exact) mass is 283 g/mol. The van der Waals surface area contributed by atoms with Crippen LogP contribution < -0.4 is 5.32 Å². The molecule has 0 amide bonds. The highest BCUT2D eigenvalue weighted by Gasteiger charge is 2.21. The SMILES string of the molecule is Cc1ccc(C2CNc3cc(CCC(C)C)nn3C2)cc1. The van der Waals surface area contributed by atoms with E-state index in [-0.39, 0.29) is 0 Å². The van der Waals surface area contributed by atoms with E-state index in [0.717, 1.165) is 25.4 Å². The van der Waals surface area contributed by atoms with Crippen LogP contribution >= 0.6 is 0 Å². The van der Waals surface area contributed by atoms with Crippen molar-refractivity contribution >= 4 is 5.82 Å². The lowest BCUT2D eigenvalue weighted by atomic mass is 9.97. The molecular formula is C18H25N3. The zero-order chi connectivity index (χ0) is 14.8. The quantitative estimate of drug-likeness (QED) is 0.919. The molecule has 0 fully saturated rings. The van der Waals surface area contributed by atoms with Crippen molar-refractivity contribution in [2.45, 2.75) is 46.1 Å². The zero-order valence-corrected chi connectivity index (χ0v) is 13.3. The van der Waals surface area contributed by atoms with Gasteiger partial charge in [-0.1, -0.05) is 43.7 Å². The van der Waals surface area contributed by atoms with E-state index in [1.807, 2.05) is 0 Å². The summed E-state index contributed by atoms with van der Waals surface area (Å²) in [5.41, 5.74) is 3.94. The largest absolute Gasteiger partial charge is 0.370 e. The molecule has 3 rings (SSSR count). The molecule has 0 spiro atoms. The smallest absolute Gasteiger partial charge is 0.124 e. The van der Waals surface area contributed by atoms with E-state index in [0.29, 0.717) is 5.92 Å². The third-order valence-electron chi connectivity index (χ3n) is 4.28. The van der Waals surface area contributed by atoms with Gasteiger partial charge in [0.05, 0.1) is 12.2 Å². The van der Waals surface area contributed by atoms with Crippen molar-refractivity contribution in [3.63, 3.8) is 0 Å². The van der Waals surface area contributed by atoms with E-state index in [1.165, 1.54) is 29.1 Å². The average molecular weight is 283 g/mol. The molecular weight excluding hydrogens is 258 g/mol. The second kappa shape index (κ2) is 5.92. The second-order valence-corrected chi connectivity index (χ2v) is 6.62. The number of aryl methyl sites for hydroxylation is 2. The first-order valence-corrected chi connectivity index (χ1v) is 7.99. The van der Waals surface area contributed by atoms with Gasteiger partial charge in [-0.3, -0.25) is 0 Å². The first kappa shape index (κ1) is 14.2. The molecule has 2 aromatic rings. The molecule has 1 aliphatic heterocycles. The zero-order valence-electron chi connectivity index (χ0n) is 13.3. The molecule has 2 heterocycles. The summed E-state index contributed by atoms with van der Waals surface area (Å²) < 4.78 is 2.14. The van der Waals surface area contributed by atoms with E-state index in [2.05, 4.69) is 61.1 Å². The minimum Gasteiger partial charge on any atom is -0.370 e. The molecule has 1 aromatic carbocycles. The van der Waals surface area contributed by atoms with Gasteiger partial charge in [0.2, 0.25) is 0 Å². The first-order valence-electron chi connectivity index (χ1n) is 7.99. The maximum Gasteiger partial charge on any atom is 0.124 e. The summed E-state index contributed by atoms with van der Waals surface area (Å²) in [5.74, 6) is 2.42. The van der Waals surface area contributed by atoms with Crippen molar-refractivity contribution in [2.24, 2.45) is 5.92 Å². The van der Waals surface area contributed by atoms with Gasteiger partial charge < -0.3 is 5.32 Å². The highest BCUT2D eigenvalue weighted by atomic mass is 15.3. The van der Waals surface area contributed by atoms with E-state index in [9.17, 15) is 0 Å². The van der Waals surface area contributed by atoms with Gasteiger partial charge in [0.1, 0.15) is 5.82 Å². The van der Waals surface area contributed by atoms with Crippen LogP contribution in [0, 0.1) is 12.8 Å². The van der Waals surface area contributed by atoms with Crippen molar-refractivity contribution in [3.8, 4) is 0 Å². The average Bonchev–Trinajstić information content (AvgIpc) is 2.88. The molecule has 1 N–H and O–H groups in total. The predicted octanol–water partition coefficient (Wildman–Crippen LogP) is 3.99. The molecule has 1 unspecified atom stereocenters. The number of hydrogen-bond acceptors (Lipinski definition) is 2. The van der Waals surface area contributed by atoms with Crippen molar-refractivity contribution in [2.75, 3.05) is 11.9 Å². The molecule has 0 aliphatic carbocycles. The fourth-order valence-electron chi connectivity index (χ4n) is 2.87. The van der Waals surface area contributed by atoms with Gasteiger partial charge in [-0.2, -0.15) is 5.10 Å². The maximum absolute atomic E-state index is 4.77. The summed E-state index contributed by atoms with van der Waals surface area (Å²) in [7, 11) is 0.